The van der Waals surface area contributed by atoms with E-state index >= 15 is 0 Å². The number of nitrogens with one attached hydrogen (secondary N) is 1. The molecule has 1 aromatic rings. The molecule has 0 radical (unpaired) electrons. The third kappa shape index (κ3) is 3.07. The zero-order valence-electron chi connectivity index (χ0n) is 11.0. The number of imide groups is 2. The minimum Gasteiger partial charge on any atom is -0.277 e. The number of amides is 4. The van der Waals surface area contributed by atoms with E-state index < -0.39 is 23.8 Å². The van der Waals surface area contributed by atoms with E-state index in [-0.39, 0.29) is 15.7 Å². The molecule has 1 aliphatic heterocycles. The number of carbonyl (C=O) groups is 3. The van der Waals surface area contributed by atoms with Crippen molar-refractivity contribution in [2.24, 2.45) is 5.92 Å². The van der Waals surface area contributed by atoms with Crippen LogP contribution in [0.3, 0.4) is 0 Å². The van der Waals surface area contributed by atoms with E-state index in [9.17, 15) is 14.4 Å². The molecule has 1 aliphatic rings. The van der Waals surface area contributed by atoms with Crippen molar-refractivity contribution in [3.05, 3.63) is 26.7 Å². The van der Waals surface area contributed by atoms with Crippen LogP contribution in [0.15, 0.2) is 16.6 Å². The molecule has 1 atom stereocenters. The summed E-state index contributed by atoms with van der Waals surface area (Å²) < 4.78 is 0.618. The Kier molecular flexibility index (Phi) is 4.91. The van der Waals surface area contributed by atoms with Gasteiger partial charge in [-0.15, -0.1) is 0 Å². The molecule has 0 spiro atoms. The number of nitrogens with zero attached hydrogens (tertiary/aromatic N) is 1. The lowest BCUT2D eigenvalue weighted by atomic mass is 9.99. The van der Waals surface area contributed by atoms with Gasteiger partial charge in [-0.05, 0) is 18.6 Å². The molecule has 1 aromatic carbocycles. The molecule has 0 aliphatic carbocycles. The predicted octanol–water partition coefficient (Wildman–Crippen LogP) is 3.76. The first-order chi connectivity index (χ1) is 9.86. The topological polar surface area (TPSA) is 66.5 Å². The second-order valence-corrected chi connectivity index (χ2v) is 6.26. The zero-order chi connectivity index (χ0) is 15.7. The summed E-state index contributed by atoms with van der Waals surface area (Å²) in [5.74, 6) is -2.12. The molecule has 5 nitrogen and oxygen atoms in total. The number of hydrogen-bond donors (Lipinski definition) is 1. The minimum absolute atomic E-state index is 0.0811. The van der Waals surface area contributed by atoms with Gasteiger partial charge in [0.15, 0.2) is 0 Å². The highest BCUT2D eigenvalue weighted by molar-refractivity contribution is 9.10. The molecule has 1 N–H and O–H groups in total. The van der Waals surface area contributed by atoms with Gasteiger partial charge in [0.2, 0.25) is 11.8 Å². The van der Waals surface area contributed by atoms with Crippen LogP contribution >= 0.6 is 39.1 Å². The van der Waals surface area contributed by atoms with Crippen LogP contribution in [0.4, 0.5) is 10.5 Å². The molecule has 1 unspecified atom stereocenters. The second-order valence-electron chi connectivity index (χ2n) is 4.53. The largest absolute Gasteiger partial charge is 0.335 e. The molecule has 1 heterocycles. The van der Waals surface area contributed by atoms with Crippen LogP contribution in [0.2, 0.25) is 10.0 Å². The summed E-state index contributed by atoms with van der Waals surface area (Å²) in [7, 11) is 0. The first kappa shape index (κ1) is 16.3. The maximum atomic E-state index is 12.4. The van der Waals surface area contributed by atoms with Crippen molar-refractivity contribution in [2.75, 3.05) is 4.90 Å². The maximum absolute atomic E-state index is 12.4. The number of barbiturate groups is 1. The lowest BCUT2D eigenvalue weighted by Crippen LogP contribution is -2.58. The minimum atomic E-state index is -0.913. The van der Waals surface area contributed by atoms with E-state index in [0.29, 0.717) is 17.3 Å². The number of benzene rings is 1. The van der Waals surface area contributed by atoms with Gasteiger partial charge in [0, 0.05) is 4.47 Å². The number of carbonyl (C=O) groups excluding carboxylic acids is 3. The summed E-state index contributed by atoms with van der Waals surface area (Å²) >= 11 is 15.4. The number of anilines is 1. The predicted molar refractivity (Wildman–Crippen MR) is 83.6 cm³/mol. The van der Waals surface area contributed by atoms with Crippen LogP contribution in [0.5, 0.6) is 0 Å². The Morgan fingerprint density at radius 3 is 2.33 bits per heavy atom. The Labute approximate surface area is 139 Å². The molecule has 1 fully saturated rings. The fraction of sp³-hybridized carbons (Fsp3) is 0.308. The van der Waals surface area contributed by atoms with Crippen LogP contribution in [0, 0.1) is 5.92 Å². The molecule has 4 amide bonds. The summed E-state index contributed by atoms with van der Waals surface area (Å²) in [4.78, 5) is 37.0. The SMILES string of the molecule is CCCC1C(=O)NC(=O)N(c2c(Cl)cc(Br)cc2Cl)C1=O. The fourth-order valence-corrected chi connectivity index (χ4v) is 3.50. The monoisotopic (exact) mass is 392 g/mol. The van der Waals surface area contributed by atoms with Crippen LogP contribution in [0.1, 0.15) is 19.8 Å². The standard InChI is InChI=1S/C13H11BrCl2N2O3/c1-2-3-7-11(19)17-13(21)18(12(7)20)10-8(15)4-6(14)5-9(10)16/h4-5,7H,2-3H2,1H3,(H,17,19,21). The van der Waals surface area contributed by atoms with Crippen LogP contribution in [-0.2, 0) is 9.59 Å². The van der Waals surface area contributed by atoms with Crippen molar-refractivity contribution in [3.8, 4) is 0 Å². The summed E-state index contributed by atoms with van der Waals surface area (Å²) in [5, 5.41) is 2.44. The Morgan fingerprint density at radius 1 is 1.24 bits per heavy atom. The third-order valence-electron chi connectivity index (χ3n) is 3.05. The normalized spacial score (nSPS) is 19.0. The van der Waals surface area contributed by atoms with E-state index in [1.54, 1.807) is 0 Å². The van der Waals surface area contributed by atoms with Gasteiger partial charge in [0.25, 0.3) is 0 Å². The smallest absolute Gasteiger partial charge is 0.277 e. The average molecular weight is 394 g/mol. The van der Waals surface area contributed by atoms with Gasteiger partial charge >= 0.3 is 6.03 Å². The van der Waals surface area contributed by atoms with Crippen LogP contribution in [-0.4, -0.2) is 17.8 Å². The van der Waals surface area contributed by atoms with Crippen LogP contribution in [0.25, 0.3) is 0 Å². The van der Waals surface area contributed by atoms with Crippen LogP contribution < -0.4 is 10.2 Å². The van der Waals surface area contributed by atoms with Crippen molar-refractivity contribution in [1.29, 1.82) is 0 Å². The molecule has 8 heteroatoms. The summed E-state index contributed by atoms with van der Waals surface area (Å²) in [5.41, 5.74) is 0.0811. The summed E-state index contributed by atoms with van der Waals surface area (Å²) in [6.07, 6.45) is 0.980. The number of halogens is 3. The Balaban J connectivity index is 2.49. The van der Waals surface area contributed by atoms with Gasteiger partial charge < -0.3 is 0 Å². The Bertz CT molecular complexity index is 613. The van der Waals surface area contributed by atoms with Crippen molar-refractivity contribution in [3.63, 3.8) is 0 Å². The molecule has 1 saturated heterocycles. The molecular weight excluding hydrogens is 383 g/mol. The highest BCUT2D eigenvalue weighted by atomic mass is 79.9. The Hall–Kier alpha value is -1.11. The third-order valence-corrected chi connectivity index (χ3v) is 4.08. The van der Waals surface area contributed by atoms with Gasteiger partial charge in [0.05, 0.1) is 15.7 Å². The van der Waals surface area contributed by atoms with Gasteiger partial charge in [0.1, 0.15) is 5.92 Å². The zero-order valence-corrected chi connectivity index (χ0v) is 14.0. The highest BCUT2D eigenvalue weighted by Gasteiger charge is 2.42. The van der Waals surface area contributed by atoms with Crippen molar-refractivity contribution in [2.45, 2.75) is 19.8 Å². The van der Waals surface area contributed by atoms with Crippen molar-refractivity contribution >= 4 is 62.7 Å². The summed E-state index contributed by atoms with van der Waals surface area (Å²) in [6.45, 7) is 1.85. The van der Waals surface area contributed by atoms with Crippen molar-refractivity contribution < 1.29 is 14.4 Å². The van der Waals surface area contributed by atoms with Gasteiger partial charge in [-0.2, -0.15) is 0 Å². The lowest BCUT2D eigenvalue weighted by Gasteiger charge is -2.31. The molecule has 2 rings (SSSR count). The first-order valence-electron chi connectivity index (χ1n) is 6.20. The van der Waals surface area contributed by atoms with Crippen molar-refractivity contribution in [1.82, 2.24) is 5.32 Å². The molecule has 0 saturated carbocycles. The number of hydrogen-bond acceptors (Lipinski definition) is 3. The Morgan fingerprint density at radius 2 is 1.81 bits per heavy atom. The van der Waals surface area contributed by atoms with Gasteiger partial charge in [-0.25, -0.2) is 9.69 Å². The number of rotatable bonds is 3. The van der Waals surface area contributed by atoms with E-state index in [0.717, 1.165) is 4.90 Å². The first-order valence-corrected chi connectivity index (χ1v) is 7.75. The molecular formula is C13H11BrCl2N2O3. The van der Waals surface area contributed by atoms with E-state index in [4.69, 9.17) is 23.2 Å². The van der Waals surface area contributed by atoms with E-state index in [1.807, 2.05) is 6.92 Å². The molecule has 21 heavy (non-hydrogen) atoms. The van der Waals surface area contributed by atoms with E-state index in [1.165, 1.54) is 12.1 Å². The maximum Gasteiger partial charge on any atom is 0.335 e. The highest BCUT2D eigenvalue weighted by Crippen LogP contribution is 2.38. The van der Waals surface area contributed by atoms with E-state index in [2.05, 4.69) is 21.2 Å². The molecule has 0 bridgehead atoms. The average Bonchev–Trinajstić information content (AvgIpc) is 2.37. The van der Waals surface area contributed by atoms with Gasteiger partial charge in [-0.3, -0.25) is 14.9 Å². The summed E-state index contributed by atoms with van der Waals surface area (Å²) in [6, 6.07) is 2.20. The lowest BCUT2D eigenvalue weighted by molar-refractivity contribution is -0.134. The fourth-order valence-electron chi connectivity index (χ4n) is 2.12. The molecule has 112 valence electrons. The quantitative estimate of drug-likeness (QED) is 0.795. The van der Waals surface area contributed by atoms with Gasteiger partial charge in [-0.1, -0.05) is 52.5 Å². The number of urea groups is 1. The second kappa shape index (κ2) is 6.34. The molecule has 0 aromatic heterocycles.